The third kappa shape index (κ3) is 2.72. The van der Waals surface area contributed by atoms with Crippen molar-refractivity contribution in [3.05, 3.63) is 18.1 Å². The van der Waals surface area contributed by atoms with E-state index >= 15 is 0 Å². The van der Waals surface area contributed by atoms with E-state index in [9.17, 15) is 0 Å². The molecule has 4 saturated carbocycles. The first kappa shape index (κ1) is 18.0. The molecule has 8 atom stereocenters. The summed E-state index contributed by atoms with van der Waals surface area (Å²) in [6.45, 7) is 17.1. The molecule has 0 unspecified atom stereocenters. The van der Waals surface area contributed by atoms with Crippen molar-refractivity contribution in [2.45, 2.75) is 92.4 Å². The molecule has 0 saturated heterocycles. The lowest BCUT2D eigenvalue weighted by Crippen LogP contribution is -2.48. The Hall–Kier alpha value is -0.390. The Morgan fingerprint density at radius 1 is 1.00 bits per heavy atom. The molecule has 0 aliphatic heterocycles. The zero-order valence-corrected chi connectivity index (χ0v) is 17.5. The predicted octanol–water partition coefficient (Wildman–Crippen LogP) is 7.45. The van der Waals surface area contributed by atoms with Crippen molar-refractivity contribution in [3.8, 4) is 0 Å². The summed E-state index contributed by atoms with van der Waals surface area (Å²) in [6.07, 6.45) is 13.2. The summed E-state index contributed by atoms with van der Waals surface area (Å²) in [5, 5.41) is 0. The highest BCUT2D eigenvalue weighted by molar-refractivity contribution is 5.15. The van der Waals surface area contributed by atoms with E-state index in [1.165, 1.54) is 63.4 Å². The maximum Gasteiger partial charge on any atom is 0.103 e. The van der Waals surface area contributed by atoms with Crippen LogP contribution in [0.4, 0.5) is 0 Å². The largest absolute Gasteiger partial charge is 0.103 e. The number of hydrogen-bond donors (Lipinski definition) is 0. The van der Waals surface area contributed by atoms with E-state index in [0.29, 0.717) is 10.8 Å². The van der Waals surface area contributed by atoms with E-state index in [1.807, 2.05) is 5.92 Å². The lowest BCUT2D eigenvalue weighted by atomic mass is 9.48. The average Bonchev–Trinajstić information content (AvgIpc) is 3.07. The molecule has 4 fully saturated rings. The van der Waals surface area contributed by atoms with Gasteiger partial charge in [-0.05, 0) is 92.8 Å². The van der Waals surface area contributed by atoms with Gasteiger partial charge in [0.05, 0.1) is 19.3 Å². The van der Waals surface area contributed by atoms with Gasteiger partial charge in [0, 0.05) is 5.92 Å². The van der Waals surface area contributed by atoms with Gasteiger partial charge in [-0.1, -0.05) is 32.9 Å². The molecule has 0 radical (unpaired) electrons. The monoisotopic (exact) mass is 341 g/mol. The second kappa shape index (κ2) is 6.07. The Balaban J connectivity index is 1.69. The summed E-state index contributed by atoms with van der Waals surface area (Å²) in [4.78, 5) is 0. The molecule has 4 aliphatic carbocycles. The number of hydrogen-bond acceptors (Lipinski definition) is 0. The second-order valence-electron chi connectivity index (χ2n) is 11.3. The maximum atomic E-state index is 4.44. The van der Waals surface area contributed by atoms with Crippen LogP contribution >= 0.6 is 0 Å². The molecule has 0 heterocycles. The van der Waals surface area contributed by atoms with Crippen LogP contribution in [0.5, 0.6) is 0 Å². The normalized spacial score (nSPS) is 52.8. The molecule has 0 bridgehead atoms. The Labute approximate surface area is 157 Å². The van der Waals surface area contributed by atoms with Gasteiger partial charge in [0.2, 0.25) is 0 Å². The second-order valence-corrected chi connectivity index (χ2v) is 11.3. The van der Waals surface area contributed by atoms with Gasteiger partial charge in [0.25, 0.3) is 0 Å². The lowest BCUT2D eigenvalue weighted by Gasteiger charge is -2.55. The highest BCUT2D eigenvalue weighted by Gasteiger charge is 2.59. The number of rotatable bonds is 1. The lowest BCUT2D eigenvalue weighted by molar-refractivity contribution is -0.0605. The van der Waals surface area contributed by atoms with Crippen molar-refractivity contribution in [2.75, 3.05) is 0 Å². The van der Waals surface area contributed by atoms with Crippen molar-refractivity contribution >= 4 is 0 Å². The molecule has 140 valence electrons. The summed E-state index contributed by atoms with van der Waals surface area (Å²) in [5.41, 5.74) is 2.67. The first-order chi connectivity index (χ1) is 11.8. The van der Waals surface area contributed by atoms with Gasteiger partial charge < -0.3 is 0 Å². The van der Waals surface area contributed by atoms with Crippen LogP contribution < -0.4 is 0 Å². The van der Waals surface area contributed by atoms with E-state index in [1.54, 1.807) is 0 Å². The summed E-state index contributed by atoms with van der Waals surface area (Å²) in [6, 6.07) is 0. The van der Waals surface area contributed by atoms with Gasteiger partial charge in [-0.2, -0.15) is 0 Å². The SMILES string of the molecule is C=C(C)[C@H]1CC[C@@]2(C)CC[C@]3(C)C[C@H]4[C@@H](C)CC[C@H]4[C+](C)CC[C@H]3[C@H]12. The smallest absolute Gasteiger partial charge is 0.0998 e. The average molecular weight is 342 g/mol. The number of allylic oxidation sites excluding steroid dienone is 1. The minimum Gasteiger partial charge on any atom is -0.0998 e. The van der Waals surface area contributed by atoms with Gasteiger partial charge in [-0.3, -0.25) is 0 Å². The molecule has 0 nitrogen and oxygen atoms in total. The van der Waals surface area contributed by atoms with Crippen molar-refractivity contribution < 1.29 is 0 Å². The first-order valence-corrected chi connectivity index (χ1v) is 11.2. The van der Waals surface area contributed by atoms with Crippen LogP contribution in [0, 0.1) is 52.3 Å². The summed E-state index contributed by atoms with van der Waals surface area (Å²) in [5.74, 6) is 7.36. The maximum absolute atomic E-state index is 4.44. The molecular formula is C25H41+. The van der Waals surface area contributed by atoms with E-state index < -0.39 is 0 Å². The summed E-state index contributed by atoms with van der Waals surface area (Å²) < 4.78 is 0. The van der Waals surface area contributed by atoms with E-state index in [4.69, 9.17) is 0 Å². The molecule has 0 aromatic carbocycles. The summed E-state index contributed by atoms with van der Waals surface area (Å²) in [7, 11) is 0. The van der Waals surface area contributed by atoms with Gasteiger partial charge in [-0.15, -0.1) is 0 Å². The van der Waals surface area contributed by atoms with Crippen LogP contribution in [-0.2, 0) is 0 Å². The molecular weight excluding hydrogens is 300 g/mol. The molecule has 0 amide bonds. The fourth-order valence-corrected chi connectivity index (χ4v) is 8.23. The topological polar surface area (TPSA) is 0 Å². The molecule has 4 rings (SSSR count). The van der Waals surface area contributed by atoms with Crippen LogP contribution in [0.25, 0.3) is 0 Å². The van der Waals surface area contributed by atoms with Crippen molar-refractivity contribution in [1.29, 1.82) is 0 Å². The van der Waals surface area contributed by atoms with Gasteiger partial charge in [0.15, 0.2) is 0 Å². The third-order valence-electron chi connectivity index (χ3n) is 9.86. The Morgan fingerprint density at radius 2 is 1.72 bits per heavy atom. The first-order valence-electron chi connectivity index (χ1n) is 11.2. The molecule has 4 aliphatic rings. The molecule has 0 aromatic heterocycles. The van der Waals surface area contributed by atoms with Crippen molar-refractivity contribution in [2.24, 2.45) is 46.3 Å². The van der Waals surface area contributed by atoms with Crippen LogP contribution in [0.3, 0.4) is 0 Å². The Bertz CT molecular complexity index is 532. The fourth-order valence-electron chi connectivity index (χ4n) is 8.23. The summed E-state index contributed by atoms with van der Waals surface area (Å²) >= 11 is 0. The predicted molar refractivity (Wildman–Crippen MR) is 108 cm³/mol. The Morgan fingerprint density at radius 3 is 2.44 bits per heavy atom. The van der Waals surface area contributed by atoms with Crippen LogP contribution in [0.1, 0.15) is 92.4 Å². The van der Waals surface area contributed by atoms with Gasteiger partial charge >= 0.3 is 0 Å². The van der Waals surface area contributed by atoms with E-state index in [2.05, 4.69) is 41.2 Å². The minimum absolute atomic E-state index is 0.588. The van der Waals surface area contributed by atoms with Gasteiger partial charge in [-0.25, -0.2) is 0 Å². The van der Waals surface area contributed by atoms with E-state index in [-0.39, 0.29) is 0 Å². The third-order valence-corrected chi connectivity index (χ3v) is 9.86. The van der Waals surface area contributed by atoms with Crippen molar-refractivity contribution in [1.82, 2.24) is 0 Å². The van der Waals surface area contributed by atoms with Crippen LogP contribution in [0.15, 0.2) is 12.2 Å². The minimum atomic E-state index is 0.588. The highest BCUT2D eigenvalue weighted by Crippen LogP contribution is 2.67. The van der Waals surface area contributed by atoms with E-state index in [0.717, 1.165) is 35.5 Å². The van der Waals surface area contributed by atoms with Crippen LogP contribution in [-0.4, -0.2) is 0 Å². The standard InChI is InChI=1S/C25H41/c1-16(2)19-11-12-24(5)13-14-25(6)15-21-18(4)7-9-20(21)17(3)8-10-22(25)23(19)24/h18-23H,1,7-15H2,2-6H3/q+1/t18-,19+,20-,21-,22-,23-,24-,25+/m0/s1. The molecule has 25 heavy (non-hydrogen) atoms. The molecule has 0 heteroatoms. The highest BCUT2D eigenvalue weighted by atomic mass is 14.6. The van der Waals surface area contributed by atoms with Crippen LogP contribution in [0.2, 0.25) is 0 Å². The Kier molecular flexibility index (Phi) is 4.37. The zero-order chi connectivity index (χ0) is 18.0. The molecule has 0 N–H and O–H groups in total. The van der Waals surface area contributed by atoms with Gasteiger partial charge in [0.1, 0.15) is 5.92 Å². The van der Waals surface area contributed by atoms with Crippen molar-refractivity contribution in [3.63, 3.8) is 0 Å². The number of fused-ring (bicyclic) bond motifs is 4. The molecule has 0 aromatic rings. The quantitative estimate of drug-likeness (QED) is 0.343. The zero-order valence-electron chi connectivity index (χ0n) is 17.5. The fraction of sp³-hybridized carbons (Fsp3) is 0.880. The molecule has 0 spiro atoms.